The molecule has 33 heavy (non-hydrogen) atoms. The van der Waals surface area contributed by atoms with Crippen LogP contribution in [-0.4, -0.2) is 42.8 Å². The van der Waals surface area contributed by atoms with Crippen LogP contribution in [0.3, 0.4) is 0 Å². The highest BCUT2D eigenvalue weighted by Gasteiger charge is 2.30. The zero-order chi connectivity index (χ0) is 23.2. The van der Waals surface area contributed by atoms with Crippen molar-refractivity contribution in [1.29, 1.82) is 0 Å². The highest BCUT2D eigenvalue weighted by atomic mass is 16.5. The van der Waals surface area contributed by atoms with Crippen LogP contribution in [0, 0.1) is 11.8 Å². The fraction of sp³-hybridized carbons (Fsp3) is 0.423. The number of fused-ring (bicyclic) bond motifs is 3. The van der Waals surface area contributed by atoms with E-state index in [1.807, 2.05) is 24.3 Å². The second kappa shape index (κ2) is 10.5. The van der Waals surface area contributed by atoms with Gasteiger partial charge in [-0.1, -0.05) is 61.4 Å². The number of aliphatic carboxylic acids is 1. The molecule has 0 aromatic heterocycles. The van der Waals surface area contributed by atoms with Gasteiger partial charge in [-0.2, -0.15) is 0 Å². The van der Waals surface area contributed by atoms with Crippen molar-refractivity contribution in [2.75, 3.05) is 19.7 Å². The molecule has 0 bridgehead atoms. The molecule has 1 atom stereocenters. The topological polar surface area (TPSA) is 105 Å². The van der Waals surface area contributed by atoms with Crippen LogP contribution in [-0.2, 0) is 14.3 Å². The lowest BCUT2D eigenvalue weighted by Crippen LogP contribution is -2.34. The lowest BCUT2D eigenvalue weighted by Gasteiger charge is -2.15. The van der Waals surface area contributed by atoms with Crippen molar-refractivity contribution in [1.82, 2.24) is 10.6 Å². The molecule has 0 radical (unpaired) electrons. The molecule has 4 rings (SSSR count). The summed E-state index contributed by atoms with van der Waals surface area (Å²) in [5.74, 6) is -1.10. The number of carbonyl (C=O) groups is 3. The van der Waals surface area contributed by atoms with Crippen LogP contribution in [0.1, 0.15) is 49.1 Å². The highest BCUT2D eigenvalue weighted by Crippen LogP contribution is 2.44. The van der Waals surface area contributed by atoms with E-state index in [0.717, 1.165) is 24.0 Å². The number of hydrogen-bond acceptors (Lipinski definition) is 4. The van der Waals surface area contributed by atoms with Crippen molar-refractivity contribution in [3.05, 3.63) is 59.7 Å². The number of alkyl carbamates (subject to hydrolysis) is 1. The predicted octanol–water partition coefficient (Wildman–Crippen LogP) is 3.92. The second-order valence-corrected chi connectivity index (χ2v) is 8.87. The minimum Gasteiger partial charge on any atom is -0.481 e. The van der Waals surface area contributed by atoms with Crippen LogP contribution < -0.4 is 10.6 Å². The summed E-state index contributed by atoms with van der Waals surface area (Å²) in [6.07, 6.45) is 2.96. The van der Waals surface area contributed by atoms with E-state index in [1.54, 1.807) is 0 Å². The number of carboxylic acid groups (broad SMARTS) is 1. The number of amides is 2. The van der Waals surface area contributed by atoms with Crippen molar-refractivity contribution in [2.45, 2.75) is 38.0 Å². The molecule has 2 amide bonds. The van der Waals surface area contributed by atoms with Crippen molar-refractivity contribution in [3.63, 3.8) is 0 Å². The van der Waals surface area contributed by atoms with Crippen molar-refractivity contribution < 1.29 is 24.2 Å². The molecule has 1 fully saturated rings. The Kier molecular flexibility index (Phi) is 7.27. The highest BCUT2D eigenvalue weighted by molar-refractivity contribution is 5.79. The van der Waals surface area contributed by atoms with Gasteiger partial charge in [-0.05, 0) is 41.0 Å². The summed E-state index contributed by atoms with van der Waals surface area (Å²) < 4.78 is 5.48. The Hall–Kier alpha value is -3.35. The van der Waals surface area contributed by atoms with Gasteiger partial charge in [0, 0.05) is 25.4 Å². The van der Waals surface area contributed by atoms with Gasteiger partial charge in [0.05, 0.1) is 5.92 Å². The normalized spacial score (nSPS) is 15.3. The Morgan fingerprint density at radius 1 is 0.970 bits per heavy atom. The molecule has 2 aliphatic rings. The summed E-state index contributed by atoms with van der Waals surface area (Å²) in [7, 11) is 0. The number of ether oxygens (including phenoxy) is 1. The molecule has 1 unspecified atom stereocenters. The lowest BCUT2D eigenvalue weighted by atomic mass is 9.98. The summed E-state index contributed by atoms with van der Waals surface area (Å²) in [5.41, 5.74) is 4.67. The van der Waals surface area contributed by atoms with Gasteiger partial charge in [-0.3, -0.25) is 9.59 Å². The summed E-state index contributed by atoms with van der Waals surface area (Å²) in [6, 6.07) is 16.3. The third-order valence-electron chi connectivity index (χ3n) is 6.40. The minimum atomic E-state index is -0.862. The average Bonchev–Trinajstić information content (AvgIpc) is 3.58. The average molecular weight is 451 g/mol. The number of hydrogen-bond donors (Lipinski definition) is 3. The fourth-order valence-corrected chi connectivity index (χ4v) is 4.44. The second-order valence-electron chi connectivity index (χ2n) is 8.87. The smallest absolute Gasteiger partial charge is 0.407 e. The zero-order valence-corrected chi connectivity index (χ0v) is 18.6. The van der Waals surface area contributed by atoms with Crippen molar-refractivity contribution >= 4 is 18.0 Å². The lowest BCUT2D eigenvalue weighted by molar-refractivity contribution is -0.142. The van der Waals surface area contributed by atoms with Gasteiger partial charge in [0.25, 0.3) is 0 Å². The van der Waals surface area contributed by atoms with Crippen LogP contribution in [0.5, 0.6) is 0 Å². The zero-order valence-electron chi connectivity index (χ0n) is 18.6. The Labute approximate surface area is 193 Å². The van der Waals surface area contributed by atoms with Gasteiger partial charge in [0.1, 0.15) is 6.61 Å². The first-order valence-electron chi connectivity index (χ1n) is 11.6. The maximum absolute atomic E-state index is 12.2. The summed E-state index contributed by atoms with van der Waals surface area (Å²) in [5, 5.41) is 14.7. The SMILES string of the molecule is O=C(CCCNC(=O)OCC1c2ccccc2-c2ccccc21)NCC(CC1CC1)C(=O)O. The first-order chi connectivity index (χ1) is 16.0. The van der Waals surface area contributed by atoms with E-state index in [1.165, 1.54) is 11.1 Å². The Morgan fingerprint density at radius 3 is 2.21 bits per heavy atom. The van der Waals surface area contributed by atoms with Crippen LogP contribution in [0.15, 0.2) is 48.5 Å². The monoisotopic (exact) mass is 450 g/mol. The van der Waals surface area contributed by atoms with E-state index in [4.69, 9.17) is 4.74 Å². The summed E-state index contributed by atoms with van der Waals surface area (Å²) in [4.78, 5) is 35.5. The molecule has 1 saturated carbocycles. The maximum Gasteiger partial charge on any atom is 0.407 e. The number of benzene rings is 2. The third-order valence-corrected chi connectivity index (χ3v) is 6.40. The number of carbonyl (C=O) groups excluding carboxylic acids is 2. The van der Waals surface area contributed by atoms with Crippen molar-refractivity contribution in [3.8, 4) is 11.1 Å². The van der Waals surface area contributed by atoms with Gasteiger partial charge in [0.2, 0.25) is 5.91 Å². The van der Waals surface area contributed by atoms with Gasteiger partial charge < -0.3 is 20.5 Å². The number of nitrogens with one attached hydrogen (secondary N) is 2. The van der Waals surface area contributed by atoms with E-state index >= 15 is 0 Å². The third kappa shape index (κ3) is 5.92. The Bertz CT molecular complexity index is 972. The van der Waals surface area contributed by atoms with Crippen molar-refractivity contribution in [2.24, 2.45) is 11.8 Å². The first-order valence-corrected chi connectivity index (χ1v) is 11.6. The largest absolute Gasteiger partial charge is 0.481 e. The predicted molar refractivity (Wildman–Crippen MR) is 124 cm³/mol. The minimum absolute atomic E-state index is 0.00625. The van der Waals surface area contributed by atoms with Gasteiger partial charge in [0.15, 0.2) is 0 Å². The van der Waals surface area contributed by atoms with Crippen LogP contribution in [0.25, 0.3) is 11.1 Å². The molecule has 2 aromatic rings. The molecule has 2 aromatic carbocycles. The number of carboxylic acids is 1. The van der Waals surface area contributed by atoms with E-state index in [0.29, 0.717) is 25.3 Å². The van der Waals surface area contributed by atoms with Gasteiger partial charge in [-0.15, -0.1) is 0 Å². The van der Waals surface area contributed by atoms with E-state index < -0.39 is 18.0 Å². The molecule has 0 saturated heterocycles. The standard InChI is InChI=1S/C26H30N2O5/c29-24(28-15-18(25(30)31)14-17-11-12-17)10-5-13-27-26(32)33-16-23-21-8-3-1-6-19(21)20-7-2-4-9-22(20)23/h1-4,6-9,17-18,23H,5,10-16H2,(H,27,32)(H,28,29)(H,30,31). The summed E-state index contributed by atoms with van der Waals surface area (Å²) in [6.45, 7) is 0.719. The van der Waals surface area contributed by atoms with Gasteiger partial charge >= 0.3 is 12.1 Å². The van der Waals surface area contributed by atoms with Crippen LogP contribution >= 0.6 is 0 Å². The fourth-order valence-electron chi connectivity index (χ4n) is 4.44. The molecule has 174 valence electrons. The molecule has 7 heteroatoms. The molecule has 0 spiro atoms. The Morgan fingerprint density at radius 2 is 1.61 bits per heavy atom. The first kappa shape index (κ1) is 22.8. The van der Waals surface area contributed by atoms with Crippen LogP contribution in [0.2, 0.25) is 0 Å². The van der Waals surface area contributed by atoms with E-state index in [9.17, 15) is 19.5 Å². The molecule has 0 heterocycles. The van der Waals surface area contributed by atoms with Gasteiger partial charge in [-0.25, -0.2) is 4.79 Å². The summed E-state index contributed by atoms with van der Waals surface area (Å²) >= 11 is 0. The maximum atomic E-state index is 12.2. The van der Waals surface area contributed by atoms with E-state index in [2.05, 4.69) is 34.9 Å². The molecule has 3 N–H and O–H groups in total. The Balaban J connectivity index is 1.15. The quantitative estimate of drug-likeness (QED) is 0.450. The molecule has 2 aliphatic carbocycles. The number of rotatable bonds is 11. The molecular formula is C26H30N2O5. The molecular weight excluding hydrogens is 420 g/mol. The molecule has 0 aliphatic heterocycles. The van der Waals surface area contributed by atoms with Crippen LogP contribution in [0.4, 0.5) is 4.79 Å². The molecule has 7 nitrogen and oxygen atoms in total. The van der Waals surface area contributed by atoms with E-state index in [-0.39, 0.29) is 31.4 Å².